The van der Waals surface area contributed by atoms with E-state index in [1.54, 1.807) is 13.2 Å². The lowest BCUT2D eigenvalue weighted by Crippen LogP contribution is -2.38. The normalized spacial score (nSPS) is 23.1. The van der Waals surface area contributed by atoms with Gasteiger partial charge in [0.15, 0.2) is 0 Å². The molecule has 5 rings (SSSR count). The number of hydrogen-bond donors (Lipinski definition) is 1. The van der Waals surface area contributed by atoms with Gasteiger partial charge in [0, 0.05) is 23.2 Å². The Labute approximate surface area is 207 Å². The van der Waals surface area contributed by atoms with E-state index in [-0.39, 0.29) is 11.9 Å². The minimum absolute atomic E-state index is 0.0171. The molecule has 2 heterocycles. The Morgan fingerprint density at radius 3 is 2.68 bits per heavy atom. The van der Waals surface area contributed by atoms with Gasteiger partial charge in [-0.05, 0) is 99.0 Å². The number of carbonyl (C=O) groups is 1. The molecule has 0 radical (unpaired) electrons. The van der Waals surface area contributed by atoms with Gasteiger partial charge in [-0.15, -0.1) is 0 Å². The van der Waals surface area contributed by atoms with Crippen LogP contribution in [-0.2, 0) is 4.79 Å². The second-order valence-electron chi connectivity index (χ2n) is 9.84. The number of rotatable bonds is 6. The van der Waals surface area contributed by atoms with Crippen molar-refractivity contribution in [3.8, 4) is 11.5 Å². The Bertz CT molecular complexity index is 1040. The summed E-state index contributed by atoms with van der Waals surface area (Å²) in [6.07, 6.45) is 7.60. The Morgan fingerprint density at radius 1 is 1.12 bits per heavy atom. The van der Waals surface area contributed by atoms with E-state index in [9.17, 15) is 4.79 Å². The minimum Gasteiger partial charge on any atom is -0.497 e. The number of fused-ring (bicyclic) bond motifs is 1. The third-order valence-electron chi connectivity index (χ3n) is 7.54. The number of nitrogens with zero attached hydrogens (tertiary/aromatic N) is 1. The zero-order chi connectivity index (χ0) is 23.5. The summed E-state index contributed by atoms with van der Waals surface area (Å²) in [5, 5.41) is 3.90. The molecule has 2 fully saturated rings. The summed E-state index contributed by atoms with van der Waals surface area (Å²) in [6.45, 7) is 3.74. The summed E-state index contributed by atoms with van der Waals surface area (Å²) in [5.74, 6) is 2.97. The highest BCUT2D eigenvalue weighted by Gasteiger charge is 2.30. The molecule has 0 spiro atoms. The van der Waals surface area contributed by atoms with Crippen LogP contribution in [0.1, 0.15) is 49.1 Å². The molecule has 1 saturated carbocycles. The van der Waals surface area contributed by atoms with Crippen molar-refractivity contribution >= 4 is 23.6 Å². The number of amides is 1. The van der Waals surface area contributed by atoms with Crippen LogP contribution in [0, 0.1) is 5.92 Å². The van der Waals surface area contributed by atoms with Crippen molar-refractivity contribution in [2.24, 2.45) is 5.92 Å². The standard InChI is InChI=1S/C28H33ClN2O3/c1-33-26-7-3-20(4-8-26)21-10-12-31(13-11-21)17-19-2-6-25(14-19)30-28(32)23-15-22-16-24(29)5-9-27(22)34-18-23/h3-5,7-9,15-16,19,21,25H,2,6,10-14,17-18H2,1H3,(H,30,32)/t19-,25+/m1/s1. The molecular formula is C28H33ClN2O3. The van der Waals surface area contributed by atoms with Gasteiger partial charge in [0.2, 0.25) is 0 Å². The lowest BCUT2D eigenvalue weighted by molar-refractivity contribution is -0.118. The number of hydrogen-bond acceptors (Lipinski definition) is 4. The summed E-state index contributed by atoms with van der Waals surface area (Å²) in [6, 6.07) is 14.3. The van der Waals surface area contributed by atoms with E-state index >= 15 is 0 Å². The summed E-state index contributed by atoms with van der Waals surface area (Å²) < 4.78 is 11.0. The number of carbonyl (C=O) groups excluding carboxylic acids is 1. The lowest BCUT2D eigenvalue weighted by Gasteiger charge is -2.33. The van der Waals surface area contributed by atoms with Gasteiger partial charge >= 0.3 is 0 Å². The summed E-state index contributed by atoms with van der Waals surface area (Å²) in [4.78, 5) is 15.5. The van der Waals surface area contributed by atoms with Gasteiger partial charge in [-0.3, -0.25) is 4.79 Å². The molecule has 1 amide bonds. The highest BCUT2D eigenvalue weighted by Crippen LogP contribution is 2.33. The van der Waals surface area contributed by atoms with Crippen molar-refractivity contribution in [1.82, 2.24) is 10.2 Å². The second kappa shape index (κ2) is 10.4. The average Bonchev–Trinajstić information content (AvgIpc) is 3.30. The number of methoxy groups -OCH3 is 1. The van der Waals surface area contributed by atoms with Crippen LogP contribution < -0.4 is 14.8 Å². The number of nitrogens with one attached hydrogen (secondary N) is 1. The zero-order valence-corrected chi connectivity index (χ0v) is 20.5. The number of benzene rings is 2. The first kappa shape index (κ1) is 23.3. The van der Waals surface area contributed by atoms with Crippen molar-refractivity contribution in [1.29, 1.82) is 0 Å². The molecule has 1 N–H and O–H groups in total. The third kappa shape index (κ3) is 5.42. The largest absolute Gasteiger partial charge is 0.497 e. The topological polar surface area (TPSA) is 50.8 Å². The minimum atomic E-state index is -0.0171. The van der Waals surface area contributed by atoms with Crippen LogP contribution in [0.3, 0.4) is 0 Å². The van der Waals surface area contributed by atoms with Crippen LogP contribution in [0.5, 0.6) is 11.5 Å². The van der Waals surface area contributed by atoms with Crippen molar-refractivity contribution in [3.05, 3.63) is 64.2 Å². The van der Waals surface area contributed by atoms with Crippen LogP contribution in [-0.4, -0.2) is 50.2 Å². The van der Waals surface area contributed by atoms with Gasteiger partial charge in [0.25, 0.3) is 5.91 Å². The molecule has 6 heteroatoms. The Balaban J connectivity index is 1.08. The molecule has 2 aliphatic heterocycles. The van der Waals surface area contributed by atoms with E-state index < -0.39 is 0 Å². The molecule has 0 unspecified atom stereocenters. The quantitative estimate of drug-likeness (QED) is 0.610. The molecular weight excluding hydrogens is 448 g/mol. The summed E-state index contributed by atoms with van der Waals surface area (Å²) >= 11 is 6.09. The Kier molecular flexibility index (Phi) is 7.12. The van der Waals surface area contributed by atoms with Gasteiger partial charge in [-0.25, -0.2) is 0 Å². The molecule has 180 valence electrons. The Morgan fingerprint density at radius 2 is 1.91 bits per heavy atom. The summed E-state index contributed by atoms with van der Waals surface area (Å²) in [7, 11) is 1.71. The van der Waals surface area contributed by atoms with Crippen LogP contribution >= 0.6 is 11.6 Å². The molecule has 0 aromatic heterocycles. The fraction of sp³-hybridized carbons (Fsp3) is 0.464. The average molecular weight is 481 g/mol. The number of likely N-dealkylation sites (tertiary alicyclic amines) is 1. The van der Waals surface area contributed by atoms with Gasteiger partial charge in [0.05, 0.1) is 12.7 Å². The first-order valence-electron chi connectivity index (χ1n) is 12.4. The number of halogens is 1. The van der Waals surface area contributed by atoms with Gasteiger partial charge in [-0.1, -0.05) is 23.7 Å². The van der Waals surface area contributed by atoms with E-state index in [0.29, 0.717) is 29.0 Å². The molecule has 2 atom stereocenters. The van der Waals surface area contributed by atoms with Crippen LogP contribution in [0.25, 0.3) is 6.08 Å². The molecule has 3 aliphatic rings. The maximum atomic E-state index is 12.8. The highest BCUT2D eigenvalue weighted by atomic mass is 35.5. The zero-order valence-electron chi connectivity index (χ0n) is 19.8. The molecule has 2 aromatic carbocycles. The molecule has 1 aliphatic carbocycles. The van der Waals surface area contributed by atoms with Crippen molar-refractivity contribution in [3.63, 3.8) is 0 Å². The second-order valence-corrected chi connectivity index (χ2v) is 10.3. The van der Waals surface area contributed by atoms with E-state index in [1.807, 2.05) is 18.2 Å². The Hall–Kier alpha value is -2.50. The first-order chi connectivity index (χ1) is 16.6. The van der Waals surface area contributed by atoms with Gasteiger partial charge < -0.3 is 19.7 Å². The maximum Gasteiger partial charge on any atom is 0.250 e. The predicted octanol–water partition coefficient (Wildman–Crippen LogP) is 5.29. The SMILES string of the molecule is COc1ccc(C2CCN(C[C@@H]3CC[C@H](NC(=O)C4=Cc5cc(Cl)ccc5OC4)C3)CC2)cc1. The van der Waals surface area contributed by atoms with E-state index in [2.05, 4.69) is 34.5 Å². The van der Waals surface area contributed by atoms with Crippen molar-refractivity contribution < 1.29 is 14.3 Å². The molecule has 2 aromatic rings. The van der Waals surface area contributed by atoms with Crippen LogP contribution in [0.4, 0.5) is 0 Å². The van der Waals surface area contributed by atoms with E-state index in [1.165, 1.54) is 24.8 Å². The molecule has 1 saturated heterocycles. The monoisotopic (exact) mass is 480 g/mol. The number of ether oxygens (including phenoxy) is 2. The van der Waals surface area contributed by atoms with Crippen molar-refractivity contribution in [2.75, 3.05) is 33.4 Å². The fourth-order valence-corrected chi connectivity index (χ4v) is 5.80. The fourth-order valence-electron chi connectivity index (χ4n) is 5.62. The first-order valence-corrected chi connectivity index (χ1v) is 12.8. The van der Waals surface area contributed by atoms with Crippen LogP contribution in [0.2, 0.25) is 5.02 Å². The number of piperidine rings is 1. The van der Waals surface area contributed by atoms with Gasteiger partial charge in [0.1, 0.15) is 18.1 Å². The summed E-state index contributed by atoms with van der Waals surface area (Å²) in [5.41, 5.74) is 2.96. The highest BCUT2D eigenvalue weighted by molar-refractivity contribution is 6.30. The molecule has 0 bridgehead atoms. The lowest BCUT2D eigenvalue weighted by atomic mass is 9.89. The van der Waals surface area contributed by atoms with E-state index in [4.69, 9.17) is 21.1 Å². The molecule has 34 heavy (non-hydrogen) atoms. The predicted molar refractivity (Wildman–Crippen MR) is 136 cm³/mol. The maximum absolute atomic E-state index is 12.8. The van der Waals surface area contributed by atoms with Crippen LogP contribution in [0.15, 0.2) is 48.0 Å². The third-order valence-corrected chi connectivity index (χ3v) is 7.78. The van der Waals surface area contributed by atoms with Gasteiger partial charge in [-0.2, -0.15) is 0 Å². The smallest absolute Gasteiger partial charge is 0.250 e. The van der Waals surface area contributed by atoms with Crippen molar-refractivity contribution in [2.45, 2.75) is 44.1 Å². The molecule has 5 nitrogen and oxygen atoms in total. The van der Waals surface area contributed by atoms with E-state index in [0.717, 1.165) is 49.5 Å².